The number of hydrogen-bond donors (Lipinski definition) is 0. The standard InChI is InChI=1S/C20H41BO3Si/c1-16(17(2)15-22-25(10,11)18(3,4)5)13-12-14-21-23-19(6,7)20(8,9)24-21/h12-13,16-17H,14-15H2,1-11H3/b13-12-/t16-,17+/m1/s1. The van der Waals surface area contributed by atoms with Crippen molar-refractivity contribution in [2.24, 2.45) is 11.8 Å². The van der Waals surface area contributed by atoms with Gasteiger partial charge in [0.2, 0.25) is 0 Å². The van der Waals surface area contributed by atoms with Crippen molar-refractivity contribution in [1.82, 2.24) is 0 Å². The highest BCUT2D eigenvalue weighted by Crippen LogP contribution is 2.38. The van der Waals surface area contributed by atoms with Crippen molar-refractivity contribution in [3.05, 3.63) is 12.2 Å². The van der Waals surface area contributed by atoms with Gasteiger partial charge in [0.25, 0.3) is 0 Å². The summed E-state index contributed by atoms with van der Waals surface area (Å²) in [5, 5.41) is 0.266. The van der Waals surface area contributed by atoms with Gasteiger partial charge in [0.15, 0.2) is 8.32 Å². The summed E-state index contributed by atoms with van der Waals surface area (Å²) in [5.41, 5.74) is -0.497. The fourth-order valence-corrected chi connectivity index (χ4v) is 3.48. The number of allylic oxidation sites excluding steroid dienone is 2. The molecular formula is C20H41BO3Si. The molecule has 0 aromatic rings. The third-order valence-corrected chi connectivity index (χ3v) is 11.0. The molecule has 0 amide bonds. The summed E-state index contributed by atoms with van der Waals surface area (Å²) >= 11 is 0. The molecule has 1 aliphatic heterocycles. The molecule has 0 spiro atoms. The van der Waals surface area contributed by atoms with Gasteiger partial charge in [0, 0.05) is 12.9 Å². The van der Waals surface area contributed by atoms with E-state index >= 15 is 0 Å². The summed E-state index contributed by atoms with van der Waals surface area (Å²) in [6.07, 6.45) is 5.29. The quantitative estimate of drug-likeness (QED) is 0.412. The SMILES string of the molecule is C[C@H](/C=C\CB1OC(C)(C)C(C)(C)O1)[C@@H](C)CO[Si](C)(C)C(C)(C)C. The van der Waals surface area contributed by atoms with Crippen molar-refractivity contribution in [3.8, 4) is 0 Å². The zero-order valence-corrected chi connectivity index (χ0v) is 19.5. The third-order valence-electron chi connectivity index (χ3n) is 6.48. The minimum Gasteiger partial charge on any atom is -0.417 e. The second kappa shape index (κ2) is 7.87. The van der Waals surface area contributed by atoms with Gasteiger partial charge < -0.3 is 13.7 Å². The normalized spacial score (nSPS) is 23.2. The van der Waals surface area contributed by atoms with Crippen LogP contribution in [0.25, 0.3) is 0 Å². The molecular weight excluding hydrogens is 327 g/mol. The topological polar surface area (TPSA) is 27.7 Å². The molecule has 1 aliphatic rings. The van der Waals surface area contributed by atoms with Crippen molar-refractivity contribution in [3.63, 3.8) is 0 Å². The van der Waals surface area contributed by atoms with E-state index in [0.717, 1.165) is 12.9 Å². The van der Waals surface area contributed by atoms with Crippen LogP contribution in [0.5, 0.6) is 0 Å². The average Bonchev–Trinajstić information content (AvgIpc) is 2.62. The fraction of sp³-hybridized carbons (Fsp3) is 0.900. The Morgan fingerprint density at radius 3 is 1.96 bits per heavy atom. The first-order valence-electron chi connectivity index (χ1n) is 9.75. The van der Waals surface area contributed by atoms with Crippen molar-refractivity contribution in [2.45, 2.75) is 98.0 Å². The largest absolute Gasteiger partial charge is 0.461 e. The average molecular weight is 368 g/mol. The van der Waals surface area contributed by atoms with E-state index in [0.29, 0.717) is 11.8 Å². The molecule has 0 radical (unpaired) electrons. The number of rotatable bonds is 7. The Labute approximate surface area is 158 Å². The zero-order valence-electron chi connectivity index (χ0n) is 18.5. The Balaban J connectivity index is 2.46. The fourth-order valence-electron chi connectivity index (χ4n) is 2.36. The second-order valence-electron chi connectivity index (χ2n) is 10.3. The van der Waals surface area contributed by atoms with E-state index in [-0.39, 0.29) is 23.4 Å². The minimum atomic E-state index is -1.66. The lowest BCUT2D eigenvalue weighted by molar-refractivity contribution is 0.00578. The van der Waals surface area contributed by atoms with E-state index in [1.54, 1.807) is 0 Å². The monoisotopic (exact) mass is 368 g/mol. The third kappa shape index (κ3) is 5.95. The molecule has 3 nitrogen and oxygen atoms in total. The van der Waals surface area contributed by atoms with Gasteiger partial charge in [-0.2, -0.15) is 0 Å². The van der Waals surface area contributed by atoms with E-state index in [1.165, 1.54) is 0 Å². The maximum absolute atomic E-state index is 6.37. The van der Waals surface area contributed by atoms with Gasteiger partial charge in [-0.25, -0.2) is 0 Å². The summed E-state index contributed by atoms with van der Waals surface area (Å²) in [7, 11) is -1.81. The first-order valence-corrected chi connectivity index (χ1v) is 12.7. The second-order valence-corrected chi connectivity index (χ2v) is 15.1. The molecule has 25 heavy (non-hydrogen) atoms. The minimum absolute atomic E-state index is 0.146. The molecule has 1 fully saturated rings. The Hall–Kier alpha value is -0.0982. The van der Waals surface area contributed by atoms with Crippen molar-refractivity contribution < 1.29 is 13.7 Å². The molecule has 0 unspecified atom stereocenters. The molecule has 1 rings (SSSR count). The highest BCUT2D eigenvalue weighted by atomic mass is 28.4. The van der Waals surface area contributed by atoms with Crippen LogP contribution in [0.15, 0.2) is 12.2 Å². The van der Waals surface area contributed by atoms with Gasteiger partial charge in [-0.15, -0.1) is 0 Å². The maximum atomic E-state index is 6.37. The lowest BCUT2D eigenvalue weighted by atomic mass is 9.83. The van der Waals surface area contributed by atoms with Crippen LogP contribution in [-0.2, 0) is 13.7 Å². The molecule has 0 saturated carbocycles. The molecule has 0 aromatic heterocycles. The van der Waals surface area contributed by atoms with Crippen LogP contribution in [-0.4, -0.2) is 33.2 Å². The van der Waals surface area contributed by atoms with Crippen LogP contribution in [0.3, 0.4) is 0 Å². The summed E-state index contributed by atoms with van der Waals surface area (Å²) in [5.74, 6) is 0.982. The molecule has 2 atom stereocenters. The zero-order chi connectivity index (χ0) is 19.7. The van der Waals surface area contributed by atoms with Crippen molar-refractivity contribution in [1.29, 1.82) is 0 Å². The van der Waals surface area contributed by atoms with Gasteiger partial charge in [-0.1, -0.05) is 46.8 Å². The van der Waals surface area contributed by atoms with E-state index < -0.39 is 8.32 Å². The van der Waals surface area contributed by atoms with Gasteiger partial charge in [0.1, 0.15) is 0 Å². The van der Waals surface area contributed by atoms with Crippen LogP contribution < -0.4 is 0 Å². The van der Waals surface area contributed by atoms with Crippen LogP contribution in [0, 0.1) is 11.8 Å². The van der Waals surface area contributed by atoms with Crippen LogP contribution >= 0.6 is 0 Å². The van der Waals surface area contributed by atoms with Gasteiger partial charge in [0.05, 0.1) is 11.2 Å². The molecule has 0 aliphatic carbocycles. The highest BCUT2D eigenvalue weighted by Gasteiger charge is 2.50. The summed E-state index contributed by atoms with van der Waals surface area (Å²) in [6.45, 7) is 25.3. The summed E-state index contributed by atoms with van der Waals surface area (Å²) in [6, 6.07) is 0. The van der Waals surface area contributed by atoms with Gasteiger partial charge in [-0.05, 0) is 57.7 Å². The Morgan fingerprint density at radius 2 is 1.52 bits per heavy atom. The maximum Gasteiger partial charge on any atom is 0.461 e. The first kappa shape index (κ1) is 22.9. The molecule has 146 valence electrons. The van der Waals surface area contributed by atoms with Crippen molar-refractivity contribution in [2.75, 3.05) is 6.61 Å². The Morgan fingerprint density at radius 1 is 1.04 bits per heavy atom. The molecule has 0 aromatic carbocycles. The van der Waals surface area contributed by atoms with Crippen LogP contribution in [0.2, 0.25) is 24.5 Å². The highest BCUT2D eigenvalue weighted by molar-refractivity contribution is 6.74. The summed E-state index contributed by atoms with van der Waals surface area (Å²) in [4.78, 5) is 0. The molecule has 1 heterocycles. The van der Waals surface area contributed by atoms with Crippen molar-refractivity contribution >= 4 is 15.4 Å². The molecule has 0 bridgehead atoms. The van der Waals surface area contributed by atoms with E-state index in [4.69, 9.17) is 13.7 Å². The van der Waals surface area contributed by atoms with Crippen LogP contribution in [0.1, 0.15) is 62.3 Å². The lowest BCUT2D eigenvalue weighted by Crippen LogP contribution is -2.42. The van der Waals surface area contributed by atoms with Gasteiger partial charge >= 0.3 is 7.12 Å². The molecule has 5 heteroatoms. The Kier molecular flexibility index (Phi) is 7.23. The Bertz CT molecular complexity index is 450. The lowest BCUT2D eigenvalue weighted by Gasteiger charge is -2.37. The van der Waals surface area contributed by atoms with Crippen LogP contribution in [0.4, 0.5) is 0 Å². The van der Waals surface area contributed by atoms with Gasteiger partial charge in [-0.3, -0.25) is 0 Å². The number of hydrogen-bond acceptors (Lipinski definition) is 3. The predicted octanol–water partition coefficient (Wildman–Crippen LogP) is 5.93. The smallest absolute Gasteiger partial charge is 0.417 e. The van der Waals surface area contributed by atoms with E-state index in [9.17, 15) is 0 Å². The predicted molar refractivity (Wildman–Crippen MR) is 112 cm³/mol. The molecule has 1 saturated heterocycles. The molecule has 0 N–H and O–H groups in total. The first-order chi connectivity index (χ1) is 11.1. The van der Waals surface area contributed by atoms with E-state index in [2.05, 4.69) is 87.6 Å². The van der Waals surface area contributed by atoms with E-state index in [1.807, 2.05) is 0 Å². The summed E-state index contributed by atoms with van der Waals surface area (Å²) < 4.78 is 18.5.